The number of ether oxygens (including phenoxy) is 1. The third kappa shape index (κ3) is 2.82. The Bertz CT molecular complexity index is 402. The van der Waals surface area contributed by atoms with E-state index in [1.807, 2.05) is 31.0 Å². The van der Waals surface area contributed by atoms with Crippen LogP contribution >= 0.6 is 0 Å². The van der Waals surface area contributed by atoms with Crippen LogP contribution in [0, 0.1) is 6.92 Å². The average Bonchev–Trinajstić information content (AvgIpc) is 2.63. The number of hydrogen-bond donors (Lipinski definition) is 0. The van der Waals surface area contributed by atoms with E-state index in [9.17, 15) is 4.79 Å². The third-order valence-corrected chi connectivity index (χ3v) is 3.15. The van der Waals surface area contributed by atoms with Gasteiger partial charge in [0.1, 0.15) is 11.9 Å². The molecule has 1 saturated heterocycles. The summed E-state index contributed by atoms with van der Waals surface area (Å²) in [7, 11) is 1.96. The molecule has 0 spiro atoms. The van der Waals surface area contributed by atoms with Gasteiger partial charge < -0.3 is 4.74 Å². The van der Waals surface area contributed by atoms with Gasteiger partial charge in [0.25, 0.3) is 0 Å². The zero-order chi connectivity index (χ0) is 12.4. The van der Waals surface area contributed by atoms with Crippen LogP contribution in [0.25, 0.3) is 0 Å². The van der Waals surface area contributed by atoms with Crippen LogP contribution in [0.3, 0.4) is 0 Å². The minimum atomic E-state index is -0.00884. The highest BCUT2D eigenvalue weighted by molar-refractivity contribution is 5.81. The SMILES string of the molecule is CC(=O)C1CC(Oc2ccc(C)cn2)CN1C. The molecule has 1 fully saturated rings. The second-order valence-corrected chi connectivity index (χ2v) is 4.72. The Hall–Kier alpha value is -1.42. The molecule has 0 N–H and O–H groups in total. The summed E-state index contributed by atoms with van der Waals surface area (Å²) in [5.74, 6) is 0.841. The van der Waals surface area contributed by atoms with Crippen LogP contribution in [0.4, 0.5) is 0 Å². The highest BCUT2D eigenvalue weighted by Gasteiger charge is 2.33. The predicted octanol–water partition coefficient (Wildman–Crippen LogP) is 1.43. The molecule has 2 heterocycles. The second-order valence-electron chi connectivity index (χ2n) is 4.72. The number of likely N-dealkylation sites (N-methyl/N-ethyl adjacent to an activating group) is 1. The lowest BCUT2D eigenvalue weighted by atomic mass is 10.1. The lowest BCUT2D eigenvalue weighted by Gasteiger charge is -2.14. The van der Waals surface area contributed by atoms with Crippen molar-refractivity contribution in [1.82, 2.24) is 9.88 Å². The molecule has 1 aliphatic rings. The van der Waals surface area contributed by atoms with E-state index in [1.165, 1.54) is 0 Å². The number of hydrogen-bond acceptors (Lipinski definition) is 4. The quantitative estimate of drug-likeness (QED) is 0.793. The van der Waals surface area contributed by atoms with E-state index < -0.39 is 0 Å². The van der Waals surface area contributed by atoms with Gasteiger partial charge in [0, 0.05) is 25.2 Å². The van der Waals surface area contributed by atoms with Gasteiger partial charge in [0.15, 0.2) is 0 Å². The smallest absolute Gasteiger partial charge is 0.213 e. The zero-order valence-corrected chi connectivity index (χ0v) is 10.5. The lowest BCUT2D eigenvalue weighted by molar-refractivity contribution is -0.120. The third-order valence-electron chi connectivity index (χ3n) is 3.15. The molecule has 4 heteroatoms. The van der Waals surface area contributed by atoms with Gasteiger partial charge in [0.05, 0.1) is 6.04 Å². The number of likely N-dealkylation sites (tertiary alicyclic amines) is 1. The highest BCUT2D eigenvalue weighted by Crippen LogP contribution is 2.21. The van der Waals surface area contributed by atoms with Gasteiger partial charge in [-0.25, -0.2) is 4.98 Å². The summed E-state index contributed by atoms with van der Waals surface area (Å²) in [6.45, 7) is 4.40. The first kappa shape index (κ1) is 12.0. The topological polar surface area (TPSA) is 42.4 Å². The van der Waals surface area contributed by atoms with E-state index >= 15 is 0 Å². The van der Waals surface area contributed by atoms with E-state index in [0.29, 0.717) is 5.88 Å². The Kier molecular flexibility index (Phi) is 3.43. The molecule has 2 rings (SSSR count). The average molecular weight is 234 g/mol. The summed E-state index contributed by atoms with van der Waals surface area (Å²) >= 11 is 0. The molecular formula is C13H18N2O2. The molecule has 0 aliphatic carbocycles. The minimum absolute atomic E-state index is 0.00884. The molecule has 0 amide bonds. The molecule has 2 unspecified atom stereocenters. The maximum atomic E-state index is 11.4. The number of ketones is 1. The fraction of sp³-hybridized carbons (Fsp3) is 0.538. The number of nitrogens with zero attached hydrogens (tertiary/aromatic N) is 2. The fourth-order valence-corrected chi connectivity index (χ4v) is 2.21. The van der Waals surface area contributed by atoms with Crippen molar-refractivity contribution < 1.29 is 9.53 Å². The molecule has 92 valence electrons. The van der Waals surface area contributed by atoms with Crippen molar-refractivity contribution in [2.45, 2.75) is 32.4 Å². The summed E-state index contributed by atoms with van der Waals surface area (Å²) in [5, 5.41) is 0. The van der Waals surface area contributed by atoms with Crippen molar-refractivity contribution in [2.75, 3.05) is 13.6 Å². The molecule has 0 radical (unpaired) electrons. The maximum absolute atomic E-state index is 11.4. The largest absolute Gasteiger partial charge is 0.473 e. The van der Waals surface area contributed by atoms with Crippen LogP contribution in [-0.2, 0) is 4.79 Å². The van der Waals surface area contributed by atoms with Gasteiger partial charge in [0.2, 0.25) is 5.88 Å². The highest BCUT2D eigenvalue weighted by atomic mass is 16.5. The first-order valence-corrected chi connectivity index (χ1v) is 5.86. The zero-order valence-electron chi connectivity index (χ0n) is 10.5. The normalized spacial score (nSPS) is 24.9. The molecule has 1 aromatic heterocycles. The number of carbonyl (C=O) groups is 1. The van der Waals surface area contributed by atoms with Crippen molar-refractivity contribution in [2.24, 2.45) is 0 Å². The summed E-state index contributed by atoms with van der Waals surface area (Å²) in [5.41, 5.74) is 1.11. The first-order chi connectivity index (χ1) is 8.06. The van der Waals surface area contributed by atoms with Gasteiger partial charge >= 0.3 is 0 Å². The molecule has 2 atom stereocenters. The predicted molar refractivity (Wildman–Crippen MR) is 65.1 cm³/mol. The number of pyridine rings is 1. The Morgan fingerprint density at radius 1 is 1.53 bits per heavy atom. The molecule has 0 saturated carbocycles. The molecule has 17 heavy (non-hydrogen) atoms. The van der Waals surface area contributed by atoms with Crippen LogP contribution < -0.4 is 4.74 Å². The lowest BCUT2D eigenvalue weighted by Crippen LogP contribution is -2.31. The number of aryl methyl sites for hydroxylation is 1. The van der Waals surface area contributed by atoms with Gasteiger partial charge in [-0.3, -0.25) is 9.69 Å². The van der Waals surface area contributed by atoms with Gasteiger partial charge in [-0.05, 0) is 26.5 Å². The number of aromatic nitrogens is 1. The molecule has 0 bridgehead atoms. The van der Waals surface area contributed by atoms with E-state index in [1.54, 1.807) is 13.1 Å². The minimum Gasteiger partial charge on any atom is -0.473 e. The van der Waals surface area contributed by atoms with Crippen molar-refractivity contribution in [3.63, 3.8) is 0 Å². The monoisotopic (exact) mass is 234 g/mol. The van der Waals surface area contributed by atoms with Gasteiger partial charge in [-0.2, -0.15) is 0 Å². The molecule has 0 aromatic carbocycles. The summed E-state index contributed by atoms with van der Waals surface area (Å²) < 4.78 is 5.78. The maximum Gasteiger partial charge on any atom is 0.213 e. The van der Waals surface area contributed by atoms with Gasteiger partial charge in [-0.15, -0.1) is 0 Å². The molecule has 1 aliphatic heterocycles. The van der Waals surface area contributed by atoms with Crippen LogP contribution in [0.2, 0.25) is 0 Å². The van der Waals surface area contributed by atoms with Crippen molar-refractivity contribution in [3.05, 3.63) is 23.9 Å². The second kappa shape index (κ2) is 4.84. The van der Waals surface area contributed by atoms with Crippen molar-refractivity contribution >= 4 is 5.78 Å². The first-order valence-electron chi connectivity index (χ1n) is 5.86. The van der Waals surface area contributed by atoms with E-state index in [2.05, 4.69) is 4.98 Å². The van der Waals surface area contributed by atoms with E-state index in [0.717, 1.165) is 18.5 Å². The summed E-state index contributed by atoms with van der Waals surface area (Å²) in [6.07, 6.45) is 2.60. The molecule has 1 aromatic rings. The van der Waals surface area contributed by atoms with Crippen LogP contribution in [0.5, 0.6) is 5.88 Å². The number of carbonyl (C=O) groups excluding carboxylic acids is 1. The van der Waals surface area contributed by atoms with Crippen molar-refractivity contribution in [1.29, 1.82) is 0 Å². The Morgan fingerprint density at radius 3 is 2.82 bits per heavy atom. The van der Waals surface area contributed by atoms with E-state index in [-0.39, 0.29) is 17.9 Å². The summed E-state index contributed by atoms with van der Waals surface area (Å²) in [4.78, 5) is 17.6. The summed E-state index contributed by atoms with van der Waals surface area (Å²) in [6, 6.07) is 3.84. The van der Waals surface area contributed by atoms with Crippen LogP contribution in [-0.4, -0.2) is 41.4 Å². The number of Topliss-reactive ketones (excluding diaryl/α,β-unsaturated/α-hetero) is 1. The van der Waals surface area contributed by atoms with Crippen molar-refractivity contribution in [3.8, 4) is 5.88 Å². The van der Waals surface area contributed by atoms with E-state index in [4.69, 9.17) is 4.74 Å². The Labute approximate surface area is 102 Å². The number of rotatable bonds is 3. The van der Waals surface area contributed by atoms with Crippen LogP contribution in [0.15, 0.2) is 18.3 Å². The molecule has 4 nitrogen and oxygen atoms in total. The van der Waals surface area contributed by atoms with Crippen LogP contribution in [0.1, 0.15) is 18.9 Å². The Balaban J connectivity index is 1.97. The van der Waals surface area contributed by atoms with Gasteiger partial charge in [-0.1, -0.05) is 6.07 Å². The Morgan fingerprint density at radius 2 is 2.29 bits per heavy atom. The molecular weight excluding hydrogens is 216 g/mol. The fourth-order valence-electron chi connectivity index (χ4n) is 2.21. The standard InChI is InChI=1S/C13H18N2O2/c1-9-4-5-13(14-7-9)17-11-6-12(10(2)16)15(3)8-11/h4-5,7,11-12H,6,8H2,1-3H3.